The van der Waals surface area contributed by atoms with Gasteiger partial charge < -0.3 is 14.7 Å². The van der Waals surface area contributed by atoms with Gasteiger partial charge in [-0.1, -0.05) is 12.1 Å². The van der Waals surface area contributed by atoms with Crippen LogP contribution >= 0.6 is 27.3 Å². The molecule has 5 nitrogen and oxygen atoms in total. The third-order valence-corrected chi connectivity index (χ3v) is 6.20. The molecular weight excluding hydrogens is 402 g/mol. The van der Waals surface area contributed by atoms with Crippen molar-refractivity contribution in [3.63, 3.8) is 0 Å². The van der Waals surface area contributed by atoms with Gasteiger partial charge in [-0.05, 0) is 73.3 Å². The number of thiophene rings is 1. The molecule has 0 radical (unpaired) electrons. The third kappa shape index (κ3) is 4.71. The van der Waals surface area contributed by atoms with Gasteiger partial charge in [0.1, 0.15) is 17.0 Å². The molecule has 0 aliphatic carbocycles. The summed E-state index contributed by atoms with van der Waals surface area (Å²) in [5.74, 6) is 1.24. The van der Waals surface area contributed by atoms with E-state index >= 15 is 0 Å². The minimum absolute atomic E-state index is 0.106. The Morgan fingerprint density at radius 3 is 3.08 bits per heavy atom. The highest BCUT2D eigenvalue weighted by Gasteiger charge is 2.22. The van der Waals surface area contributed by atoms with Gasteiger partial charge in [0.05, 0.1) is 8.66 Å². The molecule has 2 aromatic rings. The van der Waals surface area contributed by atoms with Crippen LogP contribution in [0.15, 0.2) is 20.4 Å². The molecule has 25 heavy (non-hydrogen) atoms. The molecule has 0 aromatic carbocycles. The molecule has 7 heteroatoms. The maximum Gasteiger partial charge on any atom is 0.257 e. The Bertz CT molecular complexity index is 728. The van der Waals surface area contributed by atoms with E-state index in [9.17, 15) is 4.79 Å². The van der Waals surface area contributed by atoms with Crippen molar-refractivity contribution in [2.75, 3.05) is 26.2 Å². The zero-order valence-electron chi connectivity index (χ0n) is 14.7. The number of nitrogens with zero attached hydrogens (tertiary/aromatic N) is 2. The normalized spacial score (nSPS) is 18.4. The van der Waals surface area contributed by atoms with Crippen LogP contribution in [0.2, 0.25) is 0 Å². The number of amides is 1. The summed E-state index contributed by atoms with van der Waals surface area (Å²) in [6.07, 6.45) is 3.58. The van der Waals surface area contributed by atoms with Crippen molar-refractivity contribution < 1.29 is 9.32 Å². The molecule has 0 spiro atoms. The Morgan fingerprint density at radius 1 is 1.52 bits per heavy atom. The van der Waals surface area contributed by atoms with Gasteiger partial charge in [0.25, 0.3) is 5.91 Å². The molecule has 1 aliphatic rings. The fourth-order valence-corrected chi connectivity index (χ4v) is 4.71. The molecule has 0 saturated carbocycles. The van der Waals surface area contributed by atoms with Crippen LogP contribution < -0.4 is 5.32 Å². The largest absolute Gasteiger partial charge is 0.360 e. The van der Waals surface area contributed by atoms with E-state index < -0.39 is 0 Å². The van der Waals surface area contributed by atoms with Crippen LogP contribution in [-0.4, -0.2) is 42.1 Å². The minimum atomic E-state index is -0.106. The monoisotopic (exact) mass is 425 g/mol. The van der Waals surface area contributed by atoms with E-state index in [1.54, 1.807) is 18.3 Å². The van der Waals surface area contributed by atoms with Crippen LogP contribution in [0, 0.1) is 12.8 Å². The summed E-state index contributed by atoms with van der Waals surface area (Å²) in [6, 6.07) is 3.89. The van der Waals surface area contributed by atoms with E-state index in [2.05, 4.69) is 38.2 Å². The quantitative estimate of drug-likeness (QED) is 0.699. The lowest BCUT2D eigenvalue weighted by Crippen LogP contribution is -2.36. The second kappa shape index (κ2) is 8.47. The number of nitrogens with one attached hydrogen (secondary N) is 1. The molecule has 136 valence electrons. The number of piperidine rings is 1. The number of halogens is 1. The molecular formula is C18H24BrN3O2S. The van der Waals surface area contributed by atoms with E-state index in [0.29, 0.717) is 23.6 Å². The average molecular weight is 426 g/mol. The molecule has 1 amide bonds. The summed E-state index contributed by atoms with van der Waals surface area (Å²) in [7, 11) is 0. The highest BCUT2D eigenvalue weighted by atomic mass is 79.9. The van der Waals surface area contributed by atoms with Gasteiger partial charge in [0.15, 0.2) is 0 Å². The lowest BCUT2D eigenvalue weighted by Gasteiger charge is -2.30. The molecule has 0 unspecified atom stereocenters. The Labute approximate surface area is 160 Å². The van der Waals surface area contributed by atoms with E-state index in [1.165, 1.54) is 25.9 Å². The second-order valence-corrected chi connectivity index (χ2v) is 9.19. The molecule has 1 fully saturated rings. The SMILES string of the molecule is Cc1onc(-c2ccc(Br)s2)c1C(=O)NCCCN1CCC[C@@H](C)C1. The number of aromatic nitrogens is 1. The van der Waals surface area contributed by atoms with E-state index in [4.69, 9.17) is 4.52 Å². The van der Waals surface area contributed by atoms with Crippen LogP contribution in [0.4, 0.5) is 0 Å². The molecule has 1 aliphatic heterocycles. The van der Waals surface area contributed by atoms with Gasteiger partial charge in [-0.3, -0.25) is 4.79 Å². The smallest absolute Gasteiger partial charge is 0.257 e. The summed E-state index contributed by atoms with van der Waals surface area (Å²) < 4.78 is 6.27. The summed E-state index contributed by atoms with van der Waals surface area (Å²) in [4.78, 5) is 16.0. The van der Waals surface area contributed by atoms with Crippen molar-refractivity contribution in [3.8, 4) is 10.6 Å². The van der Waals surface area contributed by atoms with Crippen LogP contribution in [0.3, 0.4) is 0 Å². The van der Waals surface area contributed by atoms with Crippen molar-refractivity contribution in [1.82, 2.24) is 15.4 Å². The molecule has 0 bridgehead atoms. The topological polar surface area (TPSA) is 58.4 Å². The Kier molecular flexibility index (Phi) is 6.30. The second-order valence-electron chi connectivity index (χ2n) is 6.72. The summed E-state index contributed by atoms with van der Waals surface area (Å²) in [6.45, 7) is 8.16. The number of likely N-dealkylation sites (tertiary alicyclic amines) is 1. The zero-order chi connectivity index (χ0) is 17.8. The first-order valence-corrected chi connectivity index (χ1v) is 10.4. The minimum Gasteiger partial charge on any atom is -0.360 e. The van der Waals surface area contributed by atoms with Gasteiger partial charge in [-0.25, -0.2) is 0 Å². The number of hydrogen-bond acceptors (Lipinski definition) is 5. The number of carbonyl (C=O) groups excluding carboxylic acids is 1. The van der Waals surface area contributed by atoms with Gasteiger partial charge >= 0.3 is 0 Å². The average Bonchev–Trinajstić information content (AvgIpc) is 3.17. The third-order valence-electron chi connectivity index (χ3n) is 4.57. The number of rotatable bonds is 6. The zero-order valence-corrected chi connectivity index (χ0v) is 17.1. The fraction of sp³-hybridized carbons (Fsp3) is 0.556. The van der Waals surface area contributed by atoms with Gasteiger partial charge in [-0.2, -0.15) is 0 Å². The first-order chi connectivity index (χ1) is 12.0. The van der Waals surface area contributed by atoms with Crippen molar-refractivity contribution in [2.24, 2.45) is 5.92 Å². The van der Waals surface area contributed by atoms with Crippen LogP contribution in [0.1, 0.15) is 42.3 Å². The van der Waals surface area contributed by atoms with Crippen LogP contribution in [0.5, 0.6) is 0 Å². The lowest BCUT2D eigenvalue weighted by atomic mass is 10.0. The highest BCUT2D eigenvalue weighted by Crippen LogP contribution is 2.33. The maximum atomic E-state index is 12.6. The molecule has 1 N–H and O–H groups in total. The van der Waals surface area contributed by atoms with Crippen molar-refractivity contribution >= 4 is 33.2 Å². The Balaban J connectivity index is 1.54. The summed E-state index contributed by atoms with van der Waals surface area (Å²) in [5, 5.41) is 7.10. The van der Waals surface area contributed by atoms with E-state index in [0.717, 1.165) is 27.5 Å². The first-order valence-electron chi connectivity index (χ1n) is 8.77. The van der Waals surface area contributed by atoms with Crippen LogP contribution in [0.25, 0.3) is 10.6 Å². The van der Waals surface area contributed by atoms with Crippen molar-refractivity contribution in [2.45, 2.75) is 33.1 Å². The standard InChI is InChI=1S/C18H24BrN3O2S/c1-12-5-3-9-22(11-12)10-4-8-20-18(23)16-13(2)24-21-17(16)14-6-7-15(19)25-14/h6-7,12H,3-5,8-11H2,1-2H3,(H,20,23)/t12-/m1/s1. The molecule has 3 heterocycles. The van der Waals surface area contributed by atoms with E-state index in [-0.39, 0.29) is 5.91 Å². The molecule has 3 rings (SSSR count). The molecule has 1 saturated heterocycles. The first kappa shape index (κ1) is 18.6. The number of carbonyl (C=O) groups is 1. The van der Waals surface area contributed by atoms with Gasteiger partial charge in [0, 0.05) is 13.1 Å². The Hall–Kier alpha value is -1.18. The van der Waals surface area contributed by atoms with Gasteiger partial charge in [-0.15, -0.1) is 11.3 Å². The summed E-state index contributed by atoms with van der Waals surface area (Å²) in [5.41, 5.74) is 1.16. The lowest BCUT2D eigenvalue weighted by molar-refractivity contribution is 0.0949. The van der Waals surface area contributed by atoms with Crippen molar-refractivity contribution in [1.29, 1.82) is 0 Å². The van der Waals surface area contributed by atoms with E-state index in [1.807, 2.05) is 12.1 Å². The Morgan fingerprint density at radius 2 is 2.36 bits per heavy atom. The van der Waals surface area contributed by atoms with Gasteiger partial charge in [0.2, 0.25) is 0 Å². The predicted molar refractivity (Wildman–Crippen MR) is 104 cm³/mol. The van der Waals surface area contributed by atoms with Crippen molar-refractivity contribution in [3.05, 3.63) is 27.2 Å². The highest BCUT2D eigenvalue weighted by molar-refractivity contribution is 9.11. The molecule has 2 aromatic heterocycles. The fourth-order valence-electron chi connectivity index (χ4n) is 3.33. The molecule has 1 atom stereocenters. The van der Waals surface area contributed by atoms with Crippen LogP contribution in [-0.2, 0) is 0 Å². The maximum absolute atomic E-state index is 12.6. The summed E-state index contributed by atoms with van der Waals surface area (Å²) >= 11 is 4.99. The predicted octanol–water partition coefficient (Wildman–Crippen LogP) is 4.33. The number of hydrogen-bond donors (Lipinski definition) is 1. The number of aryl methyl sites for hydroxylation is 1.